The van der Waals surface area contributed by atoms with Crippen molar-refractivity contribution in [2.45, 2.75) is 0 Å². The summed E-state index contributed by atoms with van der Waals surface area (Å²) >= 11 is 6.26. The SMILES string of the molecule is COc1ccc2c(=O)cc(-c3ccccn3)[nH]c2c1Cl. The second-order valence-electron chi connectivity index (χ2n) is 4.27. The van der Waals surface area contributed by atoms with Crippen molar-refractivity contribution in [2.24, 2.45) is 0 Å². The van der Waals surface area contributed by atoms with E-state index in [1.807, 2.05) is 18.2 Å². The molecule has 0 spiro atoms. The second-order valence-corrected chi connectivity index (χ2v) is 4.64. The van der Waals surface area contributed by atoms with Gasteiger partial charge in [0, 0.05) is 17.6 Å². The van der Waals surface area contributed by atoms with Gasteiger partial charge in [0.25, 0.3) is 0 Å². The zero-order valence-electron chi connectivity index (χ0n) is 10.7. The number of methoxy groups -OCH3 is 1. The summed E-state index contributed by atoms with van der Waals surface area (Å²) in [5.74, 6) is 0.521. The van der Waals surface area contributed by atoms with Crippen LogP contribution in [0.3, 0.4) is 0 Å². The van der Waals surface area contributed by atoms with E-state index in [9.17, 15) is 4.79 Å². The van der Waals surface area contributed by atoms with E-state index in [-0.39, 0.29) is 5.43 Å². The van der Waals surface area contributed by atoms with Gasteiger partial charge in [-0.25, -0.2) is 0 Å². The number of ether oxygens (including phenoxy) is 1. The maximum atomic E-state index is 12.2. The van der Waals surface area contributed by atoms with Gasteiger partial charge in [-0.15, -0.1) is 0 Å². The molecule has 4 nitrogen and oxygen atoms in total. The van der Waals surface area contributed by atoms with E-state index in [0.717, 1.165) is 0 Å². The fourth-order valence-electron chi connectivity index (χ4n) is 2.08. The van der Waals surface area contributed by atoms with Gasteiger partial charge in [0.1, 0.15) is 10.8 Å². The highest BCUT2D eigenvalue weighted by Gasteiger charge is 2.11. The lowest BCUT2D eigenvalue weighted by Gasteiger charge is -2.08. The highest BCUT2D eigenvalue weighted by atomic mass is 35.5. The molecule has 0 saturated heterocycles. The van der Waals surface area contributed by atoms with Gasteiger partial charge in [-0.3, -0.25) is 9.78 Å². The summed E-state index contributed by atoms with van der Waals surface area (Å²) in [6.45, 7) is 0. The van der Waals surface area contributed by atoms with E-state index in [4.69, 9.17) is 16.3 Å². The molecular weight excluding hydrogens is 276 g/mol. The van der Waals surface area contributed by atoms with Crippen molar-refractivity contribution in [3.05, 3.63) is 57.8 Å². The molecule has 0 unspecified atom stereocenters. The molecule has 20 heavy (non-hydrogen) atoms. The zero-order valence-corrected chi connectivity index (χ0v) is 11.4. The second kappa shape index (κ2) is 4.98. The number of nitrogens with one attached hydrogen (secondary N) is 1. The number of hydrogen-bond acceptors (Lipinski definition) is 3. The van der Waals surface area contributed by atoms with Crippen molar-refractivity contribution in [3.8, 4) is 17.1 Å². The third-order valence-electron chi connectivity index (χ3n) is 3.07. The lowest BCUT2D eigenvalue weighted by atomic mass is 10.1. The molecule has 2 aromatic heterocycles. The number of nitrogens with zero attached hydrogens (tertiary/aromatic N) is 1. The maximum Gasteiger partial charge on any atom is 0.190 e. The lowest BCUT2D eigenvalue weighted by molar-refractivity contribution is 0.415. The van der Waals surface area contributed by atoms with Crippen molar-refractivity contribution >= 4 is 22.5 Å². The van der Waals surface area contributed by atoms with Crippen LogP contribution in [0, 0.1) is 0 Å². The van der Waals surface area contributed by atoms with Gasteiger partial charge in [-0.05, 0) is 24.3 Å². The van der Waals surface area contributed by atoms with Crippen LogP contribution in [-0.4, -0.2) is 17.1 Å². The summed E-state index contributed by atoms with van der Waals surface area (Å²) in [7, 11) is 1.54. The van der Waals surface area contributed by atoms with E-state index >= 15 is 0 Å². The number of pyridine rings is 2. The molecule has 0 amide bonds. The first kappa shape index (κ1) is 12.7. The fraction of sp³-hybridized carbons (Fsp3) is 0.0667. The number of rotatable bonds is 2. The molecule has 2 heterocycles. The van der Waals surface area contributed by atoms with Gasteiger partial charge in [0.15, 0.2) is 5.43 Å². The molecule has 5 heteroatoms. The summed E-state index contributed by atoms with van der Waals surface area (Å²) in [6.07, 6.45) is 1.67. The monoisotopic (exact) mass is 286 g/mol. The summed E-state index contributed by atoms with van der Waals surface area (Å²) in [6, 6.07) is 10.4. The Balaban J connectivity index is 2.33. The van der Waals surface area contributed by atoms with Gasteiger partial charge in [-0.2, -0.15) is 0 Å². The van der Waals surface area contributed by atoms with E-state index < -0.39 is 0 Å². The Labute approximate surface area is 120 Å². The maximum absolute atomic E-state index is 12.2. The summed E-state index contributed by atoms with van der Waals surface area (Å²) in [4.78, 5) is 19.6. The first-order chi connectivity index (χ1) is 9.70. The van der Waals surface area contributed by atoms with Crippen molar-refractivity contribution in [1.29, 1.82) is 0 Å². The van der Waals surface area contributed by atoms with Crippen LogP contribution in [0.5, 0.6) is 5.75 Å². The van der Waals surface area contributed by atoms with Gasteiger partial charge in [0.05, 0.1) is 24.0 Å². The Bertz CT molecular complexity index is 828. The van der Waals surface area contributed by atoms with Crippen LogP contribution in [0.15, 0.2) is 47.4 Å². The molecule has 3 aromatic rings. The van der Waals surface area contributed by atoms with E-state index in [0.29, 0.717) is 33.1 Å². The Morgan fingerprint density at radius 1 is 1.25 bits per heavy atom. The number of halogens is 1. The van der Waals surface area contributed by atoms with Crippen LogP contribution in [0.25, 0.3) is 22.3 Å². The minimum Gasteiger partial charge on any atom is -0.495 e. The van der Waals surface area contributed by atoms with Crippen molar-refractivity contribution < 1.29 is 4.74 Å². The average molecular weight is 287 g/mol. The predicted molar refractivity (Wildman–Crippen MR) is 79.4 cm³/mol. The van der Waals surface area contributed by atoms with E-state index in [1.165, 1.54) is 13.2 Å². The van der Waals surface area contributed by atoms with E-state index in [1.54, 1.807) is 18.3 Å². The number of hydrogen-bond donors (Lipinski definition) is 1. The molecule has 0 saturated carbocycles. The topological polar surface area (TPSA) is 55.0 Å². The molecule has 0 fully saturated rings. The van der Waals surface area contributed by atoms with E-state index in [2.05, 4.69) is 9.97 Å². The van der Waals surface area contributed by atoms with Crippen LogP contribution in [0.1, 0.15) is 0 Å². The fourth-order valence-corrected chi connectivity index (χ4v) is 2.37. The van der Waals surface area contributed by atoms with Crippen LogP contribution in [-0.2, 0) is 0 Å². The van der Waals surface area contributed by atoms with Gasteiger partial charge in [-0.1, -0.05) is 17.7 Å². The minimum absolute atomic E-state index is 0.107. The Kier molecular flexibility index (Phi) is 3.16. The molecule has 1 aromatic carbocycles. The summed E-state index contributed by atoms with van der Waals surface area (Å²) in [5, 5.41) is 0.912. The lowest BCUT2D eigenvalue weighted by Crippen LogP contribution is -2.04. The first-order valence-corrected chi connectivity index (χ1v) is 6.39. The molecule has 100 valence electrons. The smallest absolute Gasteiger partial charge is 0.190 e. The Morgan fingerprint density at radius 3 is 2.80 bits per heavy atom. The summed E-state index contributed by atoms with van der Waals surface area (Å²) < 4.78 is 5.17. The normalized spacial score (nSPS) is 10.7. The molecule has 0 aliphatic carbocycles. The van der Waals surface area contributed by atoms with Gasteiger partial charge >= 0.3 is 0 Å². The quantitative estimate of drug-likeness (QED) is 0.787. The van der Waals surface area contributed by atoms with Crippen LogP contribution >= 0.6 is 11.6 Å². The molecule has 0 radical (unpaired) electrons. The minimum atomic E-state index is -0.107. The predicted octanol–water partition coefficient (Wildman–Crippen LogP) is 3.25. The number of benzene rings is 1. The highest BCUT2D eigenvalue weighted by Crippen LogP contribution is 2.31. The number of fused-ring (bicyclic) bond motifs is 1. The van der Waals surface area contributed by atoms with Crippen molar-refractivity contribution in [3.63, 3.8) is 0 Å². The Morgan fingerprint density at radius 2 is 2.10 bits per heavy atom. The van der Waals surface area contributed by atoms with Crippen LogP contribution in [0.2, 0.25) is 5.02 Å². The average Bonchev–Trinajstić information content (AvgIpc) is 2.49. The molecule has 1 N–H and O–H groups in total. The highest BCUT2D eigenvalue weighted by molar-refractivity contribution is 6.36. The standard InChI is InChI=1S/C15H11ClN2O2/c1-20-13-6-5-9-12(19)8-11(18-15(9)14(13)16)10-4-2-3-7-17-10/h2-8H,1H3,(H,18,19). The molecule has 0 aliphatic rings. The molecular formula is C15H11ClN2O2. The zero-order chi connectivity index (χ0) is 14.1. The summed E-state index contributed by atoms with van der Waals surface area (Å²) in [5.41, 5.74) is 1.76. The van der Waals surface area contributed by atoms with Crippen LogP contribution < -0.4 is 10.2 Å². The molecule has 0 atom stereocenters. The van der Waals surface area contributed by atoms with Crippen molar-refractivity contribution in [2.75, 3.05) is 7.11 Å². The Hall–Kier alpha value is -2.33. The van der Waals surface area contributed by atoms with Crippen LogP contribution in [0.4, 0.5) is 0 Å². The molecule has 0 aliphatic heterocycles. The number of aromatic amines is 1. The van der Waals surface area contributed by atoms with Gasteiger partial charge in [0.2, 0.25) is 0 Å². The van der Waals surface area contributed by atoms with Crippen molar-refractivity contribution in [1.82, 2.24) is 9.97 Å². The molecule has 0 bridgehead atoms. The number of H-pyrrole nitrogens is 1. The van der Waals surface area contributed by atoms with Gasteiger partial charge < -0.3 is 9.72 Å². The third kappa shape index (κ3) is 2.04. The molecule has 3 rings (SSSR count). The largest absolute Gasteiger partial charge is 0.495 e. The third-order valence-corrected chi connectivity index (χ3v) is 3.44. The first-order valence-electron chi connectivity index (χ1n) is 6.01. The number of aromatic nitrogens is 2.